The number of aromatic nitrogens is 4. The number of benzene rings is 2. The standard InChI is InChI=1S/C77H122N4OS3/c1-11-15-19-23-27-31-33-37-41-45-49-59(47-43-39-35-29-25-21-17-13-3)57-80-65-55-63-64(56-66(65)81(75(80)82)58-60(48-44-40-36-30-26-22-18-14-4)50-46-42-38-34-32-28-24-20-16-12-2)79-72-62-54-70(77(8,9)10)85-74(62)73-61(71(72)78-63)53-68(84-73)67-51-52-69(83-67)76(5,6)7/h51-56,59-60H,11-50,57-58H2,1-10H3. The average Bonchev–Trinajstić information content (AvgIpc) is 1.66. The maximum Gasteiger partial charge on any atom is 0.329 e. The fraction of sp³-hybridized carbons (Fsp3) is 0.727. The van der Waals surface area contributed by atoms with Crippen LogP contribution < -0.4 is 5.69 Å². The summed E-state index contributed by atoms with van der Waals surface area (Å²) in [6.45, 7) is 24.9. The van der Waals surface area contributed by atoms with Gasteiger partial charge in [0.1, 0.15) is 0 Å². The summed E-state index contributed by atoms with van der Waals surface area (Å²) in [6.07, 6.45) is 53.3. The summed E-state index contributed by atoms with van der Waals surface area (Å²) in [5, 5.41) is 2.42. The molecule has 0 saturated carbocycles. The molecule has 0 radical (unpaired) electrons. The molecule has 85 heavy (non-hydrogen) atoms. The fourth-order valence-electron chi connectivity index (χ4n) is 13.6. The van der Waals surface area contributed by atoms with Crippen LogP contribution in [-0.2, 0) is 23.9 Å². The summed E-state index contributed by atoms with van der Waals surface area (Å²) in [5.41, 5.74) is 6.26. The van der Waals surface area contributed by atoms with Gasteiger partial charge < -0.3 is 0 Å². The lowest BCUT2D eigenvalue weighted by molar-refractivity contribution is 0.340. The van der Waals surface area contributed by atoms with E-state index in [-0.39, 0.29) is 16.5 Å². The van der Waals surface area contributed by atoms with Gasteiger partial charge in [0.2, 0.25) is 0 Å². The Labute approximate surface area is 531 Å². The molecule has 5 heterocycles. The molecular formula is C77H122N4OS3. The van der Waals surface area contributed by atoms with Crippen LogP contribution in [0.15, 0.2) is 41.2 Å². The van der Waals surface area contributed by atoms with Gasteiger partial charge in [-0.25, -0.2) is 14.8 Å². The predicted octanol–water partition coefficient (Wildman–Crippen LogP) is 26.6. The quantitative estimate of drug-likeness (QED) is 0.0282. The lowest BCUT2D eigenvalue weighted by atomic mass is 9.93. The summed E-state index contributed by atoms with van der Waals surface area (Å²) in [5.74, 6) is 0.960. The molecule has 0 aliphatic rings. The normalized spacial score (nSPS) is 13.3. The molecule has 474 valence electrons. The molecule has 0 fully saturated rings. The van der Waals surface area contributed by atoms with Gasteiger partial charge in [0.05, 0.1) is 42.5 Å². The van der Waals surface area contributed by atoms with E-state index in [1.165, 1.54) is 297 Å². The average molecular weight is 1220 g/mol. The van der Waals surface area contributed by atoms with Crippen molar-refractivity contribution in [2.75, 3.05) is 0 Å². The van der Waals surface area contributed by atoms with E-state index in [1.54, 1.807) is 0 Å². The Morgan fingerprint density at radius 2 is 0.706 bits per heavy atom. The number of hydrogen-bond acceptors (Lipinski definition) is 6. The molecule has 5 aromatic heterocycles. The second-order valence-electron chi connectivity index (χ2n) is 28.8. The molecule has 0 amide bonds. The van der Waals surface area contributed by atoms with Gasteiger partial charge in [-0.2, -0.15) is 0 Å². The Bertz CT molecular complexity index is 3060. The molecule has 2 unspecified atom stereocenters. The van der Waals surface area contributed by atoms with Crippen LogP contribution in [0.3, 0.4) is 0 Å². The molecule has 0 aliphatic heterocycles. The minimum Gasteiger partial charge on any atom is -0.292 e. The Balaban J connectivity index is 1.27. The lowest BCUT2D eigenvalue weighted by Gasteiger charge is -2.19. The van der Waals surface area contributed by atoms with Crippen LogP contribution in [-0.4, -0.2) is 19.1 Å². The number of nitrogens with zero attached hydrogens (tertiary/aromatic N) is 4. The van der Waals surface area contributed by atoms with E-state index in [0.717, 1.165) is 46.2 Å². The van der Waals surface area contributed by atoms with Gasteiger partial charge in [-0.05, 0) is 84.7 Å². The van der Waals surface area contributed by atoms with Crippen molar-refractivity contribution in [3.05, 3.63) is 56.6 Å². The van der Waals surface area contributed by atoms with Crippen LogP contribution in [0.5, 0.6) is 0 Å². The highest BCUT2D eigenvalue weighted by molar-refractivity contribution is 7.30. The van der Waals surface area contributed by atoms with Crippen molar-refractivity contribution in [3.8, 4) is 9.75 Å². The lowest BCUT2D eigenvalue weighted by Crippen LogP contribution is -2.29. The molecule has 0 spiro atoms. The number of unbranched alkanes of at least 4 members (excludes halogenated alkanes) is 32. The predicted molar refractivity (Wildman–Crippen MR) is 383 cm³/mol. The van der Waals surface area contributed by atoms with Crippen LogP contribution in [0.25, 0.3) is 63.0 Å². The second kappa shape index (κ2) is 36.6. The zero-order valence-corrected chi connectivity index (χ0v) is 58.7. The summed E-state index contributed by atoms with van der Waals surface area (Å²) in [7, 11) is 0. The summed E-state index contributed by atoms with van der Waals surface area (Å²) in [6, 6.07) is 14.1. The Morgan fingerprint density at radius 1 is 0.376 bits per heavy atom. The van der Waals surface area contributed by atoms with E-state index in [0.29, 0.717) is 11.8 Å². The number of rotatable bonds is 45. The van der Waals surface area contributed by atoms with Gasteiger partial charge in [-0.1, -0.05) is 300 Å². The van der Waals surface area contributed by atoms with Crippen molar-refractivity contribution >= 4 is 87.3 Å². The van der Waals surface area contributed by atoms with E-state index in [2.05, 4.69) is 115 Å². The Hall–Kier alpha value is -3.07. The van der Waals surface area contributed by atoms with Crippen LogP contribution in [0.1, 0.15) is 336 Å². The Morgan fingerprint density at radius 3 is 1.05 bits per heavy atom. The monoisotopic (exact) mass is 1210 g/mol. The summed E-state index contributed by atoms with van der Waals surface area (Å²) < 4.78 is 7.18. The van der Waals surface area contributed by atoms with E-state index < -0.39 is 0 Å². The minimum atomic E-state index is 0.00588. The first kappa shape index (κ1) is 69.4. The highest BCUT2D eigenvalue weighted by atomic mass is 32.1. The zero-order chi connectivity index (χ0) is 60.4. The van der Waals surface area contributed by atoms with E-state index in [9.17, 15) is 0 Å². The van der Waals surface area contributed by atoms with Crippen LogP contribution in [0.4, 0.5) is 0 Å². The second-order valence-corrected chi connectivity index (χ2v) is 32.0. The molecular weight excluding hydrogens is 1090 g/mol. The number of fused-ring (bicyclic) bond motifs is 8. The highest BCUT2D eigenvalue weighted by Gasteiger charge is 2.26. The van der Waals surface area contributed by atoms with Crippen LogP contribution in [0, 0.1) is 11.8 Å². The van der Waals surface area contributed by atoms with Crippen molar-refractivity contribution in [1.29, 1.82) is 0 Å². The van der Waals surface area contributed by atoms with Gasteiger partial charge in [-0.3, -0.25) is 9.13 Å². The summed E-state index contributed by atoms with van der Waals surface area (Å²) in [4.78, 5) is 32.7. The van der Waals surface area contributed by atoms with Crippen molar-refractivity contribution in [3.63, 3.8) is 0 Å². The first-order valence-electron chi connectivity index (χ1n) is 36.1. The number of imidazole rings is 1. The molecule has 0 aliphatic carbocycles. The van der Waals surface area contributed by atoms with Crippen LogP contribution in [0.2, 0.25) is 0 Å². The third-order valence-corrected chi connectivity index (χ3v) is 23.6. The van der Waals surface area contributed by atoms with Crippen molar-refractivity contribution in [1.82, 2.24) is 19.1 Å². The molecule has 5 nitrogen and oxygen atoms in total. The van der Waals surface area contributed by atoms with Crippen LogP contribution >= 0.6 is 34.0 Å². The highest BCUT2D eigenvalue weighted by Crippen LogP contribution is 2.48. The van der Waals surface area contributed by atoms with Gasteiger partial charge in [-0.15, -0.1) is 34.0 Å². The molecule has 7 rings (SSSR count). The van der Waals surface area contributed by atoms with Crippen molar-refractivity contribution < 1.29 is 0 Å². The molecule has 2 atom stereocenters. The van der Waals surface area contributed by atoms with Gasteiger partial charge in [0.15, 0.2) is 0 Å². The van der Waals surface area contributed by atoms with E-state index >= 15 is 4.79 Å². The smallest absolute Gasteiger partial charge is 0.292 e. The third kappa shape index (κ3) is 21.3. The molecule has 0 saturated heterocycles. The topological polar surface area (TPSA) is 52.7 Å². The van der Waals surface area contributed by atoms with E-state index in [1.807, 2.05) is 34.0 Å². The van der Waals surface area contributed by atoms with Crippen molar-refractivity contribution in [2.24, 2.45) is 11.8 Å². The molecule has 7 aromatic rings. The molecule has 8 heteroatoms. The van der Waals surface area contributed by atoms with Gasteiger partial charge in [0, 0.05) is 43.4 Å². The van der Waals surface area contributed by atoms with E-state index in [4.69, 9.17) is 9.97 Å². The van der Waals surface area contributed by atoms with Crippen molar-refractivity contribution in [2.45, 2.75) is 350 Å². The molecule has 0 bridgehead atoms. The fourth-order valence-corrected chi connectivity index (χ4v) is 17.3. The Kier molecular flexibility index (Phi) is 29.8. The third-order valence-electron chi connectivity index (χ3n) is 19.1. The summed E-state index contributed by atoms with van der Waals surface area (Å²) >= 11 is 5.81. The number of hydrogen-bond donors (Lipinski definition) is 0. The minimum absolute atomic E-state index is 0.00588. The SMILES string of the molecule is CCCCCCCCCCCCC(CCCCCCCCCC)Cn1c(=O)n(CC(CCCCCCCCCC)CCCCCCCCCCCC)c2cc3nc4c5cc(C(C)(C)C)sc5c5sc(-c6ccc(C(C)(C)C)s6)cc5c4nc3cc21. The maximum absolute atomic E-state index is 15.8. The van der Waals surface area contributed by atoms with Gasteiger partial charge >= 0.3 is 5.69 Å². The first-order valence-corrected chi connectivity index (χ1v) is 38.5. The molecule has 0 N–H and O–H groups in total. The maximum atomic E-state index is 15.8. The number of thiophene rings is 3. The van der Waals surface area contributed by atoms with Gasteiger partial charge in [0.25, 0.3) is 0 Å². The molecule has 2 aromatic carbocycles. The largest absolute Gasteiger partial charge is 0.329 e. The zero-order valence-electron chi connectivity index (χ0n) is 56.2. The first-order chi connectivity index (χ1) is 41.2.